The number of carbonyl (C=O) groups excluding carboxylic acids is 1. The van der Waals surface area contributed by atoms with E-state index in [1.54, 1.807) is 18.2 Å². The van der Waals surface area contributed by atoms with Gasteiger partial charge in [0.2, 0.25) is 10.0 Å². The van der Waals surface area contributed by atoms with Crippen LogP contribution in [-0.4, -0.2) is 50.5 Å². The quantitative estimate of drug-likeness (QED) is 0.396. The van der Waals surface area contributed by atoms with Crippen LogP contribution in [0, 0.1) is 17.8 Å². The van der Waals surface area contributed by atoms with Gasteiger partial charge in [-0.2, -0.15) is 0 Å². The van der Waals surface area contributed by atoms with Crippen molar-refractivity contribution in [3.63, 3.8) is 0 Å². The number of sulfonamides is 1. The van der Waals surface area contributed by atoms with Gasteiger partial charge in [-0.3, -0.25) is 4.79 Å². The van der Waals surface area contributed by atoms with Crippen molar-refractivity contribution in [1.29, 1.82) is 0 Å². The SMILES string of the molecule is CCC[C@@H]1[C@H](C)C/C=C\[C@H](O)[C@@H]2CC[C@H]2CN2C[C@@]3(CCCc4cc(Cl)ccc43)COc3ccc(cc32)C(=O)NS1(=O)=O. The highest BCUT2D eigenvalue weighted by atomic mass is 35.5. The topological polar surface area (TPSA) is 95.9 Å². The van der Waals surface area contributed by atoms with Crippen LogP contribution >= 0.6 is 11.6 Å². The van der Waals surface area contributed by atoms with Gasteiger partial charge in [0.05, 0.1) is 23.6 Å². The first-order valence-electron chi connectivity index (χ1n) is 15.8. The van der Waals surface area contributed by atoms with Gasteiger partial charge in [0, 0.05) is 29.1 Å². The van der Waals surface area contributed by atoms with Crippen LogP contribution in [0.25, 0.3) is 0 Å². The molecule has 4 aliphatic rings. The van der Waals surface area contributed by atoms with Crippen LogP contribution in [0.3, 0.4) is 0 Å². The summed E-state index contributed by atoms with van der Waals surface area (Å²) in [6, 6.07) is 11.4. The number of aryl methyl sites for hydroxylation is 1. The largest absolute Gasteiger partial charge is 0.490 e. The van der Waals surface area contributed by atoms with E-state index in [1.807, 2.05) is 32.1 Å². The number of amides is 1. The standard InChI is InChI=1S/C34H43ClN2O5S/c1-3-6-32-22(2)7-4-9-30(38)27-13-10-25(27)19-37-20-34(16-5-8-23-17-26(35)12-14-28(23)34)21-42-31-15-11-24(18-29(31)37)33(39)36-43(32,40)41/h4,9,11-12,14-15,17-18,22,25,27,30,32,38H,3,5-8,10,13,16,19-21H2,1-2H3,(H,36,39)/b9-4-/t22-,25+,27-,30+,32-,34+/m1/s1. The van der Waals surface area contributed by atoms with E-state index >= 15 is 0 Å². The Balaban J connectivity index is 1.42. The highest BCUT2D eigenvalue weighted by Crippen LogP contribution is 2.46. The zero-order chi connectivity index (χ0) is 30.4. The van der Waals surface area contributed by atoms with Gasteiger partial charge < -0.3 is 14.7 Å². The van der Waals surface area contributed by atoms with Crippen molar-refractivity contribution >= 4 is 33.2 Å². The molecular weight excluding hydrogens is 584 g/mol. The van der Waals surface area contributed by atoms with Gasteiger partial charge in [-0.05, 0) is 104 Å². The Morgan fingerprint density at radius 2 is 2.02 bits per heavy atom. The number of allylic oxidation sites excluding steroid dienone is 1. The summed E-state index contributed by atoms with van der Waals surface area (Å²) in [4.78, 5) is 15.8. The van der Waals surface area contributed by atoms with Crippen LogP contribution in [0.4, 0.5) is 5.69 Å². The zero-order valence-corrected chi connectivity index (χ0v) is 26.7. The molecule has 2 aromatic rings. The highest BCUT2D eigenvalue weighted by Gasteiger charge is 2.44. The Hall–Kier alpha value is -2.55. The van der Waals surface area contributed by atoms with E-state index in [9.17, 15) is 18.3 Å². The zero-order valence-electron chi connectivity index (χ0n) is 25.1. The third-order valence-corrected chi connectivity index (χ3v) is 12.6. The molecule has 0 aromatic heterocycles. The third kappa shape index (κ3) is 5.95. The molecule has 7 nitrogen and oxygen atoms in total. The summed E-state index contributed by atoms with van der Waals surface area (Å²) in [6.07, 6.45) is 9.79. The number of aliphatic hydroxyl groups is 1. The Labute approximate surface area is 260 Å². The Morgan fingerprint density at radius 1 is 1.19 bits per heavy atom. The van der Waals surface area contributed by atoms with E-state index < -0.39 is 27.3 Å². The first kappa shape index (κ1) is 30.5. The molecule has 9 heteroatoms. The predicted molar refractivity (Wildman–Crippen MR) is 170 cm³/mol. The van der Waals surface area contributed by atoms with E-state index in [1.165, 1.54) is 11.1 Å². The summed E-state index contributed by atoms with van der Waals surface area (Å²) in [6.45, 7) is 5.77. The molecule has 1 fully saturated rings. The van der Waals surface area contributed by atoms with E-state index in [2.05, 4.69) is 21.8 Å². The molecule has 2 N–H and O–H groups in total. The Bertz CT molecular complexity index is 1510. The number of nitrogens with one attached hydrogen (secondary N) is 1. The molecule has 6 atom stereocenters. The molecule has 232 valence electrons. The monoisotopic (exact) mass is 626 g/mol. The highest BCUT2D eigenvalue weighted by molar-refractivity contribution is 7.90. The van der Waals surface area contributed by atoms with E-state index in [0.29, 0.717) is 43.7 Å². The predicted octanol–water partition coefficient (Wildman–Crippen LogP) is 6.02. The number of aliphatic hydroxyl groups excluding tert-OH is 1. The molecule has 0 unspecified atom stereocenters. The number of nitrogens with zero attached hydrogens (tertiary/aromatic N) is 1. The molecule has 1 saturated carbocycles. The average Bonchev–Trinajstić information content (AvgIpc) is 3.10. The minimum atomic E-state index is -3.93. The summed E-state index contributed by atoms with van der Waals surface area (Å²) in [5, 5.41) is 11.2. The molecule has 2 aromatic carbocycles. The van der Waals surface area contributed by atoms with E-state index in [-0.39, 0.29) is 23.2 Å². The van der Waals surface area contributed by atoms with Gasteiger partial charge in [0.1, 0.15) is 5.75 Å². The lowest BCUT2D eigenvalue weighted by molar-refractivity contribution is 0.0455. The summed E-state index contributed by atoms with van der Waals surface area (Å²) >= 11 is 6.39. The fraction of sp³-hybridized carbons (Fsp3) is 0.559. The van der Waals surface area contributed by atoms with Crippen LogP contribution < -0.4 is 14.4 Å². The second-order valence-corrected chi connectivity index (χ2v) is 15.6. The van der Waals surface area contributed by atoms with Crippen molar-refractivity contribution in [3.8, 4) is 5.75 Å². The Morgan fingerprint density at radius 3 is 2.79 bits per heavy atom. The molecule has 43 heavy (non-hydrogen) atoms. The maximum Gasteiger partial charge on any atom is 0.264 e. The lowest BCUT2D eigenvalue weighted by Crippen LogP contribution is -2.49. The molecule has 2 heterocycles. The van der Waals surface area contributed by atoms with Gasteiger partial charge in [0.15, 0.2) is 0 Å². The van der Waals surface area contributed by atoms with Crippen molar-refractivity contribution in [1.82, 2.24) is 4.72 Å². The number of benzene rings is 2. The van der Waals surface area contributed by atoms with Crippen molar-refractivity contribution in [2.75, 3.05) is 24.6 Å². The third-order valence-electron chi connectivity index (χ3n) is 10.4. The second kappa shape index (κ2) is 12.1. The van der Waals surface area contributed by atoms with Crippen molar-refractivity contribution in [3.05, 3.63) is 70.3 Å². The average molecular weight is 627 g/mol. The number of ether oxygens (including phenoxy) is 1. The lowest BCUT2D eigenvalue weighted by atomic mass is 9.68. The molecular formula is C34H43ClN2O5S. The summed E-state index contributed by atoms with van der Waals surface area (Å²) < 4.78 is 36.0. The lowest BCUT2D eigenvalue weighted by Gasteiger charge is -2.45. The number of anilines is 1. The van der Waals surface area contributed by atoms with Crippen molar-refractivity contribution in [2.45, 2.75) is 82.0 Å². The maximum atomic E-state index is 13.5. The Kier molecular flexibility index (Phi) is 8.57. The first-order valence-corrected chi connectivity index (χ1v) is 17.7. The van der Waals surface area contributed by atoms with Gasteiger partial charge in [0.25, 0.3) is 5.91 Å². The fourth-order valence-corrected chi connectivity index (χ4v) is 9.82. The number of rotatable bonds is 2. The summed E-state index contributed by atoms with van der Waals surface area (Å²) in [5.74, 6) is 0.271. The molecule has 6 rings (SSSR count). The second-order valence-electron chi connectivity index (χ2n) is 13.2. The minimum absolute atomic E-state index is 0.127. The molecule has 0 radical (unpaired) electrons. The molecule has 2 aliphatic carbocycles. The maximum absolute atomic E-state index is 13.5. The van der Waals surface area contributed by atoms with Crippen LogP contribution in [0.5, 0.6) is 5.75 Å². The summed E-state index contributed by atoms with van der Waals surface area (Å²) in [5.41, 5.74) is 3.35. The van der Waals surface area contributed by atoms with Gasteiger partial charge >= 0.3 is 0 Å². The molecule has 2 aliphatic heterocycles. The van der Waals surface area contributed by atoms with Gasteiger partial charge in [-0.25, -0.2) is 13.1 Å². The van der Waals surface area contributed by atoms with E-state index in [0.717, 1.165) is 49.4 Å². The number of fused-ring (bicyclic) bond motifs is 4. The molecule has 2 bridgehead atoms. The van der Waals surface area contributed by atoms with Gasteiger partial charge in [-0.1, -0.05) is 50.1 Å². The molecule has 1 spiro atoms. The van der Waals surface area contributed by atoms with Crippen LogP contribution in [0.2, 0.25) is 5.02 Å². The van der Waals surface area contributed by atoms with Gasteiger partial charge in [-0.15, -0.1) is 0 Å². The smallest absolute Gasteiger partial charge is 0.264 e. The molecule has 0 saturated heterocycles. The van der Waals surface area contributed by atoms with Crippen LogP contribution in [-0.2, 0) is 21.9 Å². The number of hydrogen-bond acceptors (Lipinski definition) is 6. The van der Waals surface area contributed by atoms with Crippen LogP contribution in [0.15, 0.2) is 48.6 Å². The molecule has 1 amide bonds. The number of carbonyl (C=O) groups is 1. The summed E-state index contributed by atoms with van der Waals surface area (Å²) in [7, 11) is -3.93. The minimum Gasteiger partial charge on any atom is -0.490 e. The first-order chi connectivity index (χ1) is 20.6. The number of hydrogen-bond donors (Lipinski definition) is 2. The van der Waals surface area contributed by atoms with Crippen LogP contribution in [0.1, 0.15) is 80.3 Å². The number of halogens is 1. The van der Waals surface area contributed by atoms with Crippen molar-refractivity contribution < 1.29 is 23.1 Å². The normalized spacial score (nSPS) is 32.8. The van der Waals surface area contributed by atoms with Crippen molar-refractivity contribution in [2.24, 2.45) is 17.8 Å². The fourth-order valence-electron chi connectivity index (χ4n) is 7.83. The van der Waals surface area contributed by atoms with E-state index in [4.69, 9.17) is 16.3 Å².